The number of thiazole rings is 1. The van der Waals surface area contributed by atoms with Crippen molar-refractivity contribution in [2.45, 2.75) is 6.61 Å². The fourth-order valence-corrected chi connectivity index (χ4v) is 2.71. The highest BCUT2D eigenvalue weighted by Gasteiger charge is 2.11. The van der Waals surface area contributed by atoms with Crippen LogP contribution >= 0.6 is 11.3 Å². The molecular formula is C17H14N2O2S. The first kappa shape index (κ1) is 14.4. The maximum absolute atomic E-state index is 12.0. The van der Waals surface area contributed by atoms with Gasteiger partial charge in [0.2, 0.25) is 0 Å². The van der Waals surface area contributed by atoms with Gasteiger partial charge in [-0.2, -0.15) is 0 Å². The van der Waals surface area contributed by atoms with Crippen LogP contribution in [0.4, 0.5) is 0 Å². The smallest absolute Gasteiger partial charge is 0.269 e. The molecule has 0 saturated heterocycles. The van der Waals surface area contributed by atoms with E-state index in [4.69, 9.17) is 4.84 Å². The minimum atomic E-state index is -0.339. The predicted octanol–water partition coefficient (Wildman–Crippen LogP) is 3.67. The Hall–Kier alpha value is -2.50. The van der Waals surface area contributed by atoms with Crippen LogP contribution < -0.4 is 5.48 Å². The summed E-state index contributed by atoms with van der Waals surface area (Å²) in [6.07, 6.45) is 0. The Kier molecular flexibility index (Phi) is 4.58. The first-order valence-corrected chi connectivity index (χ1v) is 7.68. The number of aromatic nitrogens is 1. The lowest BCUT2D eigenvalue weighted by Crippen LogP contribution is -2.23. The number of nitrogens with zero attached hydrogens (tertiary/aromatic N) is 1. The van der Waals surface area contributed by atoms with Gasteiger partial charge in [-0.3, -0.25) is 9.63 Å². The number of benzene rings is 2. The molecule has 5 heteroatoms. The summed E-state index contributed by atoms with van der Waals surface area (Å²) in [5, 5.41) is 2.54. The van der Waals surface area contributed by atoms with Gasteiger partial charge in [0.1, 0.15) is 10.7 Å². The Balaban J connectivity index is 1.58. The molecule has 0 spiro atoms. The fourth-order valence-electron chi connectivity index (χ4n) is 1.90. The normalized spacial score (nSPS) is 10.4. The van der Waals surface area contributed by atoms with Gasteiger partial charge < -0.3 is 0 Å². The first-order chi connectivity index (χ1) is 10.8. The molecule has 0 atom stereocenters. The van der Waals surface area contributed by atoms with Gasteiger partial charge in [0.25, 0.3) is 5.91 Å². The van der Waals surface area contributed by atoms with Gasteiger partial charge in [-0.05, 0) is 5.56 Å². The third-order valence-corrected chi connectivity index (χ3v) is 3.90. The zero-order valence-electron chi connectivity index (χ0n) is 11.7. The second-order valence-electron chi connectivity index (χ2n) is 4.61. The van der Waals surface area contributed by atoms with E-state index in [-0.39, 0.29) is 5.91 Å². The Morgan fingerprint density at radius 3 is 2.45 bits per heavy atom. The molecule has 22 heavy (non-hydrogen) atoms. The van der Waals surface area contributed by atoms with Crippen LogP contribution in [-0.2, 0) is 11.4 Å². The molecule has 3 aromatic rings. The average molecular weight is 310 g/mol. The summed E-state index contributed by atoms with van der Waals surface area (Å²) in [7, 11) is 0. The highest BCUT2D eigenvalue weighted by Crippen LogP contribution is 2.23. The Bertz CT molecular complexity index is 742. The molecule has 0 radical (unpaired) electrons. The first-order valence-electron chi connectivity index (χ1n) is 6.80. The molecule has 3 rings (SSSR count). The third-order valence-electron chi connectivity index (χ3n) is 3.00. The van der Waals surface area contributed by atoms with Crippen LogP contribution in [0.15, 0.2) is 66.0 Å². The monoisotopic (exact) mass is 310 g/mol. The second kappa shape index (κ2) is 6.98. The van der Waals surface area contributed by atoms with Gasteiger partial charge in [-0.25, -0.2) is 10.5 Å². The van der Waals surface area contributed by atoms with Crippen molar-refractivity contribution in [2.24, 2.45) is 0 Å². The third kappa shape index (κ3) is 3.58. The zero-order valence-corrected chi connectivity index (χ0v) is 12.5. The SMILES string of the molecule is O=C(NOCc1ccccc1)c1csc(-c2ccccc2)n1. The Labute approximate surface area is 132 Å². The number of amides is 1. The van der Waals surface area contributed by atoms with Crippen molar-refractivity contribution < 1.29 is 9.63 Å². The lowest BCUT2D eigenvalue weighted by atomic mass is 10.2. The van der Waals surface area contributed by atoms with Crippen molar-refractivity contribution >= 4 is 17.2 Å². The summed E-state index contributed by atoms with van der Waals surface area (Å²) in [6, 6.07) is 19.4. The zero-order chi connectivity index (χ0) is 15.2. The van der Waals surface area contributed by atoms with Crippen LogP contribution in [0.5, 0.6) is 0 Å². The van der Waals surface area contributed by atoms with E-state index in [1.165, 1.54) is 11.3 Å². The summed E-state index contributed by atoms with van der Waals surface area (Å²) >= 11 is 1.43. The van der Waals surface area contributed by atoms with Gasteiger partial charge in [-0.15, -0.1) is 11.3 Å². The van der Waals surface area contributed by atoms with Crippen LogP contribution in [0.25, 0.3) is 10.6 Å². The number of carbonyl (C=O) groups is 1. The number of hydrogen-bond acceptors (Lipinski definition) is 4. The maximum Gasteiger partial charge on any atom is 0.294 e. The number of hydroxylamine groups is 1. The van der Waals surface area contributed by atoms with E-state index in [2.05, 4.69) is 10.5 Å². The van der Waals surface area contributed by atoms with Crippen molar-refractivity contribution in [1.29, 1.82) is 0 Å². The van der Waals surface area contributed by atoms with Crippen molar-refractivity contribution in [3.63, 3.8) is 0 Å². The van der Waals surface area contributed by atoms with E-state index in [9.17, 15) is 4.79 Å². The molecule has 0 aliphatic heterocycles. The van der Waals surface area contributed by atoms with Gasteiger partial charge in [-0.1, -0.05) is 60.7 Å². The highest BCUT2D eigenvalue weighted by atomic mass is 32.1. The fraction of sp³-hybridized carbons (Fsp3) is 0.0588. The standard InChI is InChI=1S/C17H14N2O2S/c20-16(19-21-11-13-7-3-1-4-8-13)15-12-22-17(18-15)14-9-5-2-6-10-14/h1-10,12H,11H2,(H,19,20). The molecule has 0 bridgehead atoms. The Morgan fingerprint density at radius 2 is 1.73 bits per heavy atom. The lowest BCUT2D eigenvalue weighted by Gasteiger charge is -2.04. The van der Waals surface area contributed by atoms with E-state index in [1.54, 1.807) is 5.38 Å². The molecule has 1 heterocycles. The maximum atomic E-state index is 12.0. The number of hydrogen-bond donors (Lipinski definition) is 1. The molecule has 1 N–H and O–H groups in total. The number of nitrogens with one attached hydrogen (secondary N) is 1. The summed E-state index contributed by atoms with van der Waals surface area (Å²) in [4.78, 5) is 21.5. The van der Waals surface area contributed by atoms with Crippen molar-refractivity contribution in [1.82, 2.24) is 10.5 Å². The van der Waals surface area contributed by atoms with E-state index in [0.29, 0.717) is 12.3 Å². The quantitative estimate of drug-likeness (QED) is 0.732. The van der Waals surface area contributed by atoms with Crippen molar-refractivity contribution in [2.75, 3.05) is 0 Å². The summed E-state index contributed by atoms with van der Waals surface area (Å²) in [5.41, 5.74) is 4.76. The predicted molar refractivity (Wildman–Crippen MR) is 86.2 cm³/mol. The Morgan fingerprint density at radius 1 is 1.05 bits per heavy atom. The molecule has 4 nitrogen and oxygen atoms in total. The van der Waals surface area contributed by atoms with Crippen LogP contribution in [-0.4, -0.2) is 10.9 Å². The van der Waals surface area contributed by atoms with E-state index >= 15 is 0 Å². The molecule has 1 aromatic heterocycles. The molecule has 0 aliphatic rings. The minimum absolute atomic E-state index is 0.322. The van der Waals surface area contributed by atoms with Crippen LogP contribution in [0, 0.1) is 0 Å². The minimum Gasteiger partial charge on any atom is -0.269 e. The largest absolute Gasteiger partial charge is 0.294 e. The lowest BCUT2D eigenvalue weighted by molar-refractivity contribution is 0.0230. The highest BCUT2D eigenvalue weighted by molar-refractivity contribution is 7.13. The van der Waals surface area contributed by atoms with Crippen molar-refractivity contribution in [3.8, 4) is 10.6 Å². The van der Waals surface area contributed by atoms with Gasteiger partial charge in [0.05, 0.1) is 6.61 Å². The number of carbonyl (C=O) groups excluding carboxylic acids is 1. The van der Waals surface area contributed by atoms with Gasteiger partial charge in [0.15, 0.2) is 0 Å². The van der Waals surface area contributed by atoms with Crippen LogP contribution in [0.2, 0.25) is 0 Å². The molecular weight excluding hydrogens is 296 g/mol. The molecule has 0 unspecified atom stereocenters. The van der Waals surface area contributed by atoms with Crippen LogP contribution in [0.3, 0.4) is 0 Å². The summed E-state index contributed by atoms with van der Waals surface area (Å²) < 4.78 is 0. The summed E-state index contributed by atoms with van der Waals surface area (Å²) in [6.45, 7) is 0.322. The van der Waals surface area contributed by atoms with Crippen molar-refractivity contribution in [3.05, 3.63) is 77.3 Å². The van der Waals surface area contributed by atoms with Gasteiger partial charge in [0, 0.05) is 10.9 Å². The van der Waals surface area contributed by atoms with Gasteiger partial charge >= 0.3 is 0 Å². The van der Waals surface area contributed by atoms with Crippen LogP contribution in [0.1, 0.15) is 16.1 Å². The molecule has 0 fully saturated rings. The van der Waals surface area contributed by atoms with E-state index < -0.39 is 0 Å². The van der Waals surface area contributed by atoms with E-state index in [1.807, 2.05) is 60.7 Å². The summed E-state index contributed by atoms with van der Waals surface area (Å²) in [5.74, 6) is -0.339. The molecule has 0 saturated carbocycles. The molecule has 1 amide bonds. The molecule has 2 aromatic carbocycles. The second-order valence-corrected chi connectivity index (χ2v) is 5.47. The number of rotatable bonds is 5. The topological polar surface area (TPSA) is 51.2 Å². The molecule has 110 valence electrons. The molecule has 0 aliphatic carbocycles. The van der Waals surface area contributed by atoms with E-state index in [0.717, 1.165) is 16.1 Å². The average Bonchev–Trinajstić information content (AvgIpc) is 3.07.